The molecule has 2 saturated carbocycles. The van der Waals surface area contributed by atoms with Gasteiger partial charge in [-0.05, 0) is 117 Å². The predicted octanol–water partition coefficient (Wildman–Crippen LogP) is 6.74. The third-order valence-corrected chi connectivity index (χ3v) is 11.7. The molecule has 1 saturated heterocycles. The van der Waals surface area contributed by atoms with E-state index in [9.17, 15) is 19.5 Å². The lowest BCUT2D eigenvalue weighted by molar-refractivity contribution is -0.148. The Hall–Kier alpha value is -4.08. The Kier molecular flexibility index (Phi) is 8.88. The van der Waals surface area contributed by atoms with Gasteiger partial charge in [-0.2, -0.15) is 0 Å². The van der Waals surface area contributed by atoms with Crippen molar-refractivity contribution in [1.82, 2.24) is 4.90 Å². The fourth-order valence-corrected chi connectivity index (χ4v) is 9.33. The first-order valence-electron chi connectivity index (χ1n) is 17.6. The molecule has 10 heteroatoms. The minimum Gasteiger partial charge on any atom is -0.493 e. The summed E-state index contributed by atoms with van der Waals surface area (Å²) < 4.78 is 16.8. The van der Waals surface area contributed by atoms with Crippen LogP contribution in [0.25, 0.3) is 0 Å². The number of ether oxygens (including phenoxy) is 3. The zero-order valence-electron chi connectivity index (χ0n) is 29.3. The van der Waals surface area contributed by atoms with Crippen LogP contribution in [-0.2, 0) is 31.1 Å². The van der Waals surface area contributed by atoms with Crippen molar-refractivity contribution < 1.29 is 33.7 Å². The molecular weight excluding hydrogens is 656 g/mol. The Morgan fingerprint density at radius 2 is 1.78 bits per heavy atom. The van der Waals surface area contributed by atoms with Crippen LogP contribution in [0.2, 0.25) is 5.02 Å². The molecule has 6 unspecified atom stereocenters. The quantitative estimate of drug-likeness (QED) is 0.195. The Morgan fingerprint density at radius 3 is 2.44 bits per heavy atom. The van der Waals surface area contributed by atoms with Crippen molar-refractivity contribution >= 4 is 35.1 Å². The molecule has 3 aromatic carbocycles. The van der Waals surface area contributed by atoms with Gasteiger partial charge in [0.25, 0.3) is 5.91 Å². The van der Waals surface area contributed by atoms with E-state index >= 15 is 0 Å². The highest BCUT2D eigenvalue weighted by Gasteiger charge is 2.73. The van der Waals surface area contributed by atoms with Crippen molar-refractivity contribution in [2.45, 2.75) is 95.5 Å². The highest BCUT2D eigenvalue weighted by atomic mass is 35.5. The number of fused-ring (bicyclic) bond motifs is 1. The van der Waals surface area contributed by atoms with E-state index in [4.69, 9.17) is 25.8 Å². The minimum atomic E-state index is -1.16. The second-order valence-corrected chi connectivity index (χ2v) is 15.2. The molecule has 3 fully saturated rings. The van der Waals surface area contributed by atoms with Gasteiger partial charge < -0.3 is 29.1 Å². The number of halogens is 1. The van der Waals surface area contributed by atoms with Crippen molar-refractivity contribution in [3.05, 3.63) is 87.9 Å². The van der Waals surface area contributed by atoms with Crippen LogP contribution < -0.4 is 14.4 Å². The summed E-state index contributed by atoms with van der Waals surface area (Å²) in [4.78, 5) is 42.3. The molecule has 7 rings (SSSR count). The SMILES string of the molecule is COc1cc2c(cc1OC(C)C)C(c1ccc(Cl)cc1)N(c1ccc(C(C)(O)C3CC4CCCC5N(C(=O)COC(C)=O)C45C3)cc1)C(=O)C2. The number of nitrogens with zero attached hydrogens (tertiary/aromatic N) is 2. The predicted molar refractivity (Wildman–Crippen MR) is 189 cm³/mol. The van der Waals surface area contributed by atoms with E-state index in [0.29, 0.717) is 34.5 Å². The van der Waals surface area contributed by atoms with E-state index in [0.717, 1.165) is 47.9 Å². The van der Waals surface area contributed by atoms with Gasteiger partial charge in [-0.1, -0.05) is 42.3 Å². The molecule has 3 aromatic rings. The first-order chi connectivity index (χ1) is 23.8. The van der Waals surface area contributed by atoms with Crippen molar-refractivity contribution in [2.24, 2.45) is 11.8 Å². The molecule has 2 aliphatic heterocycles. The molecule has 2 aliphatic carbocycles. The molecule has 1 spiro atoms. The Morgan fingerprint density at radius 1 is 1.06 bits per heavy atom. The number of hydrogen-bond donors (Lipinski definition) is 1. The normalized spacial score (nSPS) is 26.4. The van der Waals surface area contributed by atoms with Gasteiger partial charge in [-0.15, -0.1) is 0 Å². The van der Waals surface area contributed by atoms with E-state index in [-0.39, 0.29) is 48.4 Å². The number of amides is 2. The maximum atomic E-state index is 14.0. The summed E-state index contributed by atoms with van der Waals surface area (Å²) in [5.41, 5.74) is 2.77. The molecule has 4 aliphatic rings. The molecule has 0 aromatic heterocycles. The maximum Gasteiger partial charge on any atom is 0.303 e. The van der Waals surface area contributed by atoms with Gasteiger partial charge in [0.2, 0.25) is 5.91 Å². The lowest BCUT2D eigenvalue weighted by Gasteiger charge is -2.38. The second-order valence-electron chi connectivity index (χ2n) is 14.8. The highest BCUT2D eigenvalue weighted by molar-refractivity contribution is 6.30. The van der Waals surface area contributed by atoms with Crippen molar-refractivity contribution in [3.8, 4) is 11.5 Å². The van der Waals surface area contributed by atoms with Crippen LogP contribution in [0.15, 0.2) is 60.7 Å². The summed E-state index contributed by atoms with van der Waals surface area (Å²) in [6.45, 7) is 6.87. The number of methoxy groups -OCH3 is 1. The second kappa shape index (κ2) is 12.9. The molecule has 9 nitrogen and oxygen atoms in total. The Labute approximate surface area is 298 Å². The first-order valence-corrected chi connectivity index (χ1v) is 18.0. The van der Waals surface area contributed by atoms with Gasteiger partial charge in [0.05, 0.1) is 42.9 Å². The lowest BCUT2D eigenvalue weighted by Crippen LogP contribution is -2.41. The van der Waals surface area contributed by atoms with Crippen molar-refractivity contribution in [3.63, 3.8) is 0 Å². The van der Waals surface area contributed by atoms with E-state index < -0.39 is 17.6 Å². The van der Waals surface area contributed by atoms with Crippen LogP contribution in [0.5, 0.6) is 11.5 Å². The summed E-state index contributed by atoms with van der Waals surface area (Å²) in [6.07, 6.45) is 4.62. The summed E-state index contributed by atoms with van der Waals surface area (Å²) in [5, 5.41) is 12.8. The molecule has 2 heterocycles. The van der Waals surface area contributed by atoms with Crippen LogP contribution in [0, 0.1) is 11.8 Å². The number of likely N-dealkylation sites (tertiary alicyclic amines) is 1. The summed E-state index contributed by atoms with van der Waals surface area (Å²) in [6, 6.07) is 18.8. The Balaban J connectivity index is 1.19. The van der Waals surface area contributed by atoms with Crippen LogP contribution in [0.4, 0.5) is 5.69 Å². The van der Waals surface area contributed by atoms with E-state index in [1.807, 2.05) is 91.2 Å². The standard InChI is InChI=1S/C40H45ClN2O7/c1-23(2)50-34-20-32-26(17-33(34)48-5)18-36(45)42(38(32)25-9-13-30(41)14-10-25)31-15-11-27(12-16-31)39(4,47)29-19-28-7-6-8-35-40(28,21-29)43(35)37(46)22-49-24(3)44/h9-17,20,23,28-29,35,38,47H,6-8,18-19,21-22H2,1-5H3. The minimum absolute atomic E-state index is 0.0613. The van der Waals surface area contributed by atoms with Crippen LogP contribution in [0.1, 0.15) is 88.1 Å². The molecule has 6 atom stereocenters. The van der Waals surface area contributed by atoms with Crippen molar-refractivity contribution in [1.29, 1.82) is 0 Å². The monoisotopic (exact) mass is 700 g/mol. The molecule has 0 bridgehead atoms. The Bertz CT molecular complexity index is 1810. The molecule has 1 N–H and O–H groups in total. The fourth-order valence-electron chi connectivity index (χ4n) is 9.20. The summed E-state index contributed by atoms with van der Waals surface area (Å²) in [5.74, 6) is 0.758. The van der Waals surface area contributed by atoms with Crippen LogP contribution in [-0.4, -0.2) is 59.2 Å². The summed E-state index contributed by atoms with van der Waals surface area (Å²) in [7, 11) is 1.60. The topological polar surface area (TPSA) is 105 Å². The number of rotatable bonds is 9. The van der Waals surface area contributed by atoms with Gasteiger partial charge in [0.1, 0.15) is 0 Å². The van der Waals surface area contributed by atoms with Crippen LogP contribution >= 0.6 is 11.6 Å². The zero-order valence-corrected chi connectivity index (χ0v) is 30.0. The van der Waals surface area contributed by atoms with Gasteiger partial charge >= 0.3 is 5.97 Å². The molecule has 50 heavy (non-hydrogen) atoms. The van der Waals surface area contributed by atoms with E-state index in [2.05, 4.69) is 0 Å². The molecule has 2 amide bonds. The average molecular weight is 701 g/mol. The third kappa shape index (κ3) is 5.82. The van der Waals surface area contributed by atoms with Crippen LogP contribution in [0.3, 0.4) is 0 Å². The number of aliphatic hydroxyl groups is 1. The number of esters is 1. The van der Waals surface area contributed by atoms with Gasteiger partial charge in [-0.3, -0.25) is 14.4 Å². The number of benzene rings is 3. The largest absolute Gasteiger partial charge is 0.493 e. The number of hydrogen-bond acceptors (Lipinski definition) is 7. The van der Waals surface area contributed by atoms with Gasteiger partial charge in [0.15, 0.2) is 18.1 Å². The van der Waals surface area contributed by atoms with Gasteiger partial charge in [-0.25, -0.2) is 0 Å². The average Bonchev–Trinajstić information content (AvgIpc) is 3.57. The molecule has 264 valence electrons. The smallest absolute Gasteiger partial charge is 0.303 e. The number of carbonyl (C=O) groups is 3. The van der Waals surface area contributed by atoms with E-state index in [1.165, 1.54) is 6.92 Å². The maximum absolute atomic E-state index is 14.0. The highest BCUT2D eigenvalue weighted by Crippen LogP contribution is 2.65. The molecule has 0 radical (unpaired) electrons. The van der Waals surface area contributed by atoms with Crippen molar-refractivity contribution in [2.75, 3.05) is 18.6 Å². The number of carbonyl (C=O) groups excluding carboxylic acids is 3. The summed E-state index contributed by atoms with van der Waals surface area (Å²) >= 11 is 6.29. The fraction of sp³-hybridized carbons (Fsp3) is 0.475. The number of anilines is 1. The molecular formula is C40H45ClN2O7. The van der Waals surface area contributed by atoms with Gasteiger partial charge in [0, 0.05) is 17.6 Å². The third-order valence-electron chi connectivity index (χ3n) is 11.5. The zero-order chi connectivity index (χ0) is 35.5. The first kappa shape index (κ1) is 34.4. The van der Waals surface area contributed by atoms with E-state index in [1.54, 1.807) is 7.11 Å². The lowest BCUT2D eigenvalue weighted by atomic mass is 9.80.